The molecule has 2 aromatic heterocycles. The number of carbonyl (C=O) groups is 1. The molecule has 0 radical (unpaired) electrons. The van der Waals surface area contributed by atoms with E-state index in [0.29, 0.717) is 31.3 Å². The molecule has 1 spiro atoms. The van der Waals surface area contributed by atoms with Crippen LogP contribution in [0.5, 0.6) is 5.88 Å². The van der Waals surface area contributed by atoms with Crippen LogP contribution >= 0.6 is 0 Å². The van der Waals surface area contributed by atoms with Gasteiger partial charge in [-0.05, 0) is 12.5 Å². The van der Waals surface area contributed by atoms with E-state index in [1.165, 1.54) is 9.58 Å². The normalized spacial score (nSPS) is 21.3. The Kier molecular flexibility index (Phi) is 5.13. The third-order valence-electron chi connectivity index (χ3n) is 5.57. The Balaban J connectivity index is 1.48. The van der Waals surface area contributed by atoms with Crippen molar-refractivity contribution < 1.29 is 14.3 Å². The third-order valence-corrected chi connectivity index (χ3v) is 5.57. The summed E-state index contributed by atoms with van der Waals surface area (Å²) in [7, 11) is 4.94. The average molecular weight is 402 g/mol. The Hall–Kier alpha value is -2.72. The second-order valence-electron chi connectivity index (χ2n) is 7.83. The monoisotopic (exact) mass is 402 g/mol. The van der Waals surface area contributed by atoms with Crippen molar-refractivity contribution in [3.8, 4) is 5.88 Å². The molecule has 0 saturated carbocycles. The molecule has 0 N–H and O–H groups in total. The van der Waals surface area contributed by atoms with Gasteiger partial charge in [0.2, 0.25) is 11.8 Å². The molecule has 1 atom stereocenters. The molecule has 0 bridgehead atoms. The number of hydrogen-bond donors (Lipinski definition) is 0. The number of rotatable bonds is 5. The first-order valence-electron chi connectivity index (χ1n) is 9.62. The average Bonchev–Trinajstić information content (AvgIpc) is 3.23. The van der Waals surface area contributed by atoms with E-state index in [1.807, 2.05) is 12.1 Å². The zero-order valence-corrected chi connectivity index (χ0v) is 17.0. The van der Waals surface area contributed by atoms with Gasteiger partial charge in [0.25, 0.3) is 0 Å². The van der Waals surface area contributed by atoms with Gasteiger partial charge in [-0.25, -0.2) is 14.5 Å². The summed E-state index contributed by atoms with van der Waals surface area (Å²) in [6.07, 6.45) is 2.54. The first kappa shape index (κ1) is 19.6. The summed E-state index contributed by atoms with van der Waals surface area (Å²) >= 11 is 0. The lowest BCUT2D eigenvalue weighted by Crippen LogP contribution is -2.46. The van der Waals surface area contributed by atoms with E-state index in [0.717, 1.165) is 18.5 Å². The first-order chi connectivity index (χ1) is 13.9. The van der Waals surface area contributed by atoms with Gasteiger partial charge in [-0.15, -0.1) is 0 Å². The Bertz CT molecular complexity index is 968. The molecular formula is C19H26N6O4. The largest absolute Gasteiger partial charge is 0.481 e. The highest BCUT2D eigenvalue weighted by Gasteiger charge is 2.43. The zero-order chi connectivity index (χ0) is 20.6. The predicted octanol–water partition coefficient (Wildman–Crippen LogP) is -0.288. The number of likely N-dealkylation sites (tertiary alicyclic amines) is 1. The van der Waals surface area contributed by atoms with Crippen LogP contribution in [0.3, 0.4) is 0 Å². The Labute approximate surface area is 168 Å². The summed E-state index contributed by atoms with van der Waals surface area (Å²) in [6.45, 7) is 2.92. The predicted molar refractivity (Wildman–Crippen MR) is 103 cm³/mol. The minimum absolute atomic E-state index is 0.0637. The van der Waals surface area contributed by atoms with E-state index in [-0.39, 0.29) is 24.7 Å². The van der Waals surface area contributed by atoms with Crippen LogP contribution in [0.4, 0.5) is 0 Å². The van der Waals surface area contributed by atoms with Gasteiger partial charge >= 0.3 is 5.69 Å². The quantitative estimate of drug-likeness (QED) is 0.678. The van der Waals surface area contributed by atoms with Crippen LogP contribution in [0.25, 0.3) is 0 Å². The van der Waals surface area contributed by atoms with E-state index < -0.39 is 5.60 Å². The molecule has 1 saturated heterocycles. The Morgan fingerprint density at radius 2 is 2.21 bits per heavy atom. The highest BCUT2D eigenvalue weighted by Crippen LogP contribution is 2.32. The second-order valence-corrected chi connectivity index (χ2v) is 7.83. The fraction of sp³-hybridized carbons (Fsp3) is 0.579. The van der Waals surface area contributed by atoms with Crippen molar-refractivity contribution in [3.05, 3.63) is 40.2 Å². The molecule has 2 aliphatic heterocycles. The number of likely N-dealkylation sites (N-methyl/N-ethyl adjacent to an activating group) is 1. The molecule has 4 heterocycles. The van der Waals surface area contributed by atoms with Gasteiger partial charge in [-0.3, -0.25) is 14.3 Å². The van der Waals surface area contributed by atoms with Crippen molar-refractivity contribution in [2.75, 3.05) is 34.3 Å². The van der Waals surface area contributed by atoms with Gasteiger partial charge in [-0.2, -0.15) is 5.10 Å². The Morgan fingerprint density at radius 3 is 2.97 bits per heavy atom. The maximum atomic E-state index is 12.8. The molecule has 156 valence electrons. The highest BCUT2D eigenvalue weighted by molar-refractivity contribution is 5.75. The van der Waals surface area contributed by atoms with Crippen molar-refractivity contribution in [1.29, 1.82) is 0 Å². The van der Waals surface area contributed by atoms with Crippen LogP contribution in [0.1, 0.15) is 17.8 Å². The minimum Gasteiger partial charge on any atom is -0.481 e. The summed E-state index contributed by atoms with van der Waals surface area (Å²) < 4.78 is 14.4. The summed E-state index contributed by atoms with van der Waals surface area (Å²) in [5, 5.41) is 4.29. The maximum absolute atomic E-state index is 12.8. The van der Waals surface area contributed by atoms with Crippen LogP contribution in [0.2, 0.25) is 0 Å². The number of fused-ring (bicyclic) bond motifs is 1. The molecule has 1 fully saturated rings. The van der Waals surface area contributed by atoms with Gasteiger partial charge in [-0.1, -0.05) is 6.07 Å². The molecule has 10 nitrogen and oxygen atoms in total. The molecule has 2 aliphatic rings. The number of aromatic nitrogens is 4. The molecule has 2 aromatic rings. The number of pyridine rings is 1. The summed E-state index contributed by atoms with van der Waals surface area (Å²) in [5.74, 6) is 1.03. The lowest BCUT2D eigenvalue weighted by molar-refractivity contribution is -0.129. The second kappa shape index (κ2) is 7.60. The van der Waals surface area contributed by atoms with Gasteiger partial charge < -0.3 is 14.4 Å². The van der Waals surface area contributed by atoms with Crippen LogP contribution in [-0.2, 0) is 35.8 Å². The number of methoxy groups -OCH3 is 1. The van der Waals surface area contributed by atoms with Gasteiger partial charge in [0.05, 0.1) is 13.7 Å². The third kappa shape index (κ3) is 3.77. The van der Waals surface area contributed by atoms with E-state index >= 15 is 0 Å². The Morgan fingerprint density at radius 1 is 1.38 bits per heavy atom. The van der Waals surface area contributed by atoms with Gasteiger partial charge in [0, 0.05) is 45.5 Å². The smallest absolute Gasteiger partial charge is 0.346 e. The van der Waals surface area contributed by atoms with E-state index in [2.05, 4.69) is 15.0 Å². The van der Waals surface area contributed by atoms with Crippen LogP contribution in [0.15, 0.2) is 23.1 Å². The fourth-order valence-electron chi connectivity index (χ4n) is 3.95. The topological polar surface area (TPSA) is 94.7 Å². The van der Waals surface area contributed by atoms with Crippen molar-refractivity contribution in [3.63, 3.8) is 0 Å². The van der Waals surface area contributed by atoms with Crippen molar-refractivity contribution in [2.24, 2.45) is 0 Å². The van der Waals surface area contributed by atoms with Crippen molar-refractivity contribution >= 4 is 5.91 Å². The highest BCUT2D eigenvalue weighted by atomic mass is 16.5. The molecule has 4 rings (SSSR count). The standard InChI is InChI=1S/C19H26N6O4/c1-22(2)16(26)10-25-18(27)24-13-19(29-11-15(24)21-25)6-8-23(12-19)9-14-5-4-7-20-17(14)28-3/h4-5,7H,6,8-13H2,1-3H3. The lowest BCUT2D eigenvalue weighted by atomic mass is 10.0. The number of hydrogen-bond acceptors (Lipinski definition) is 7. The van der Waals surface area contributed by atoms with E-state index in [9.17, 15) is 9.59 Å². The summed E-state index contributed by atoms with van der Waals surface area (Å²) in [4.78, 5) is 32.7. The fourth-order valence-corrected chi connectivity index (χ4v) is 3.95. The van der Waals surface area contributed by atoms with Crippen LogP contribution in [0, 0.1) is 0 Å². The van der Waals surface area contributed by atoms with E-state index in [4.69, 9.17) is 9.47 Å². The molecule has 1 amide bonds. The molecule has 29 heavy (non-hydrogen) atoms. The number of amides is 1. The van der Waals surface area contributed by atoms with Crippen molar-refractivity contribution in [1.82, 2.24) is 29.1 Å². The maximum Gasteiger partial charge on any atom is 0.346 e. The minimum atomic E-state index is -0.425. The lowest BCUT2D eigenvalue weighted by Gasteiger charge is -2.33. The van der Waals surface area contributed by atoms with Gasteiger partial charge in [0.15, 0.2) is 5.82 Å². The number of ether oxygens (including phenoxy) is 2. The SMILES string of the molecule is COc1ncccc1CN1CCC2(C1)Cn1c(nn(CC(=O)N(C)C)c1=O)CO2. The van der Waals surface area contributed by atoms with E-state index in [1.54, 1.807) is 32.0 Å². The summed E-state index contributed by atoms with van der Waals surface area (Å²) in [6, 6.07) is 3.91. The molecule has 10 heteroatoms. The molecular weight excluding hydrogens is 376 g/mol. The van der Waals surface area contributed by atoms with Gasteiger partial charge in [0.1, 0.15) is 18.8 Å². The molecule has 0 aliphatic carbocycles. The molecule has 1 unspecified atom stereocenters. The first-order valence-corrected chi connectivity index (χ1v) is 9.62. The summed E-state index contributed by atoms with van der Waals surface area (Å²) in [5.41, 5.74) is 0.340. The molecule has 0 aromatic carbocycles. The number of nitrogens with zero attached hydrogens (tertiary/aromatic N) is 6. The van der Waals surface area contributed by atoms with Crippen LogP contribution < -0.4 is 10.4 Å². The van der Waals surface area contributed by atoms with Crippen molar-refractivity contribution in [2.45, 2.75) is 38.3 Å². The zero-order valence-electron chi connectivity index (χ0n) is 17.0. The number of carbonyl (C=O) groups excluding carboxylic acids is 1. The van der Waals surface area contributed by atoms with Crippen LogP contribution in [-0.4, -0.2) is 74.9 Å².